The van der Waals surface area contributed by atoms with Crippen LogP contribution in [0.25, 0.3) is 5.57 Å². The number of fused-ring (bicyclic) bond motifs is 3. The molecule has 4 rings (SSSR count). The summed E-state index contributed by atoms with van der Waals surface area (Å²) in [6.45, 7) is 4.22. The predicted molar refractivity (Wildman–Crippen MR) is 114 cm³/mol. The van der Waals surface area contributed by atoms with Gasteiger partial charge < -0.3 is 18.9 Å². The molecule has 5 nitrogen and oxygen atoms in total. The Hall–Kier alpha value is -2.66. The van der Waals surface area contributed by atoms with Gasteiger partial charge in [-0.25, -0.2) is 0 Å². The molecule has 0 N–H and O–H groups in total. The molecule has 0 saturated carbocycles. The monoisotopic (exact) mass is 395 g/mol. The lowest BCUT2D eigenvalue weighted by Gasteiger charge is -2.42. The van der Waals surface area contributed by atoms with Crippen molar-refractivity contribution in [1.82, 2.24) is 4.90 Å². The van der Waals surface area contributed by atoms with Crippen molar-refractivity contribution in [1.29, 1.82) is 0 Å². The zero-order valence-electron chi connectivity index (χ0n) is 17.9. The second kappa shape index (κ2) is 7.99. The molecule has 0 fully saturated rings. The molecule has 154 valence electrons. The molecule has 0 saturated heterocycles. The maximum atomic E-state index is 5.57. The van der Waals surface area contributed by atoms with Crippen molar-refractivity contribution in [2.75, 3.05) is 41.5 Å². The maximum absolute atomic E-state index is 5.57. The largest absolute Gasteiger partial charge is 0.493 e. The summed E-state index contributed by atoms with van der Waals surface area (Å²) in [7, 11) is 6.75. The molecular formula is C24H29NO4. The Labute approximate surface area is 172 Å². The van der Waals surface area contributed by atoms with Crippen LogP contribution < -0.4 is 18.9 Å². The third-order valence-electron chi connectivity index (χ3n) is 6.22. The van der Waals surface area contributed by atoms with Crippen LogP contribution in [0.2, 0.25) is 0 Å². The van der Waals surface area contributed by atoms with Crippen LogP contribution in [-0.2, 0) is 6.42 Å². The zero-order valence-corrected chi connectivity index (χ0v) is 17.9. The highest BCUT2D eigenvalue weighted by atomic mass is 16.5. The van der Waals surface area contributed by atoms with E-state index in [1.165, 1.54) is 27.8 Å². The van der Waals surface area contributed by atoms with Crippen molar-refractivity contribution in [2.24, 2.45) is 0 Å². The van der Waals surface area contributed by atoms with E-state index in [1.807, 2.05) is 6.07 Å². The number of methoxy groups -OCH3 is 4. The molecule has 0 spiro atoms. The van der Waals surface area contributed by atoms with E-state index < -0.39 is 0 Å². The molecule has 2 aromatic carbocycles. The normalized spacial score (nSPS) is 18.7. The lowest BCUT2D eigenvalue weighted by molar-refractivity contribution is 0.197. The van der Waals surface area contributed by atoms with E-state index in [-0.39, 0.29) is 0 Å². The first-order chi connectivity index (χ1) is 14.1. The molecule has 5 heteroatoms. The minimum absolute atomic E-state index is 0.377. The summed E-state index contributed by atoms with van der Waals surface area (Å²) >= 11 is 0. The van der Waals surface area contributed by atoms with Gasteiger partial charge in [-0.2, -0.15) is 0 Å². The van der Waals surface area contributed by atoms with E-state index >= 15 is 0 Å². The molecule has 0 amide bonds. The molecule has 2 aliphatic rings. The molecule has 1 atom stereocenters. The molecule has 0 aromatic heterocycles. The molecule has 1 unspecified atom stereocenters. The van der Waals surface area contributed by atoms with Crippen LogP contribution in [0.1, 0.15) is 36.1 Å². The van der Waals surface area contributed by atoms with Crippen molar-refractivity contribution in [2.45, 2.75) is 25.8 Å². The first kappa shape index (κ1) is 19.6. The second-order valence-electron chi connectivity index (χ2n) is 7.68. The van der Waals surface area contributed by atoms with Crippen LogP contribution in [0, 0.1) is 0 Å². The van der Waals surface area contributed by atoms with Crippen LogP contribution in [0.4, 0.5) is 0 Å². The Bertz CT molecular complexity index is 950. The van der Waals surface area contributed by atoms with E-state index in [2.05, 4.69) is 36.1 Å². The van der Waals surface area contributed by atoms with Crippen LogP contribution in [0.5, 0.6) is 23.0 Å². The van der Waals surface area contributed by atoms with E-state index in [1.54, 1.807) is 28.4 Å². The van der Waals surface area contributed by atoms with Crippen molar-refractivity contribution in [3.8, 4) is 23.0 Å². The fourth-order valence-electron chi connectivity index (χ4n) is 4.62. The van der Waals surface area contributed by atoms with Crippen molar-refractivity contribution in [3.05, 3.63) is 52.6 Å². The van der Waals surface area contributed by atoms with Gasteiger partial charge in [-0.15, -0.1) is 0 Å². The van der Waals surface area contributed by atoms with Crippen LogP contribution in [0.15, 0.2) is 35.9 Å². The minimum Gasteiger partial charge on any atom is -0.493 e. The fourth-order valence-corrected chi connectivity index (χ4v) is 4.62. The minimum atomic E-state index is 0.377. The lowest BCUT2D eigenvalue weighted by atomic mass is 9.82. The van der Waals surface area contributed by atoms with E-state index in [0.717, 1.165) is 48.9 Å². The quantitative estimate of drug-likeness (QED) is 0.746. The lowest BCUT2D eigenvalue weighted by Crippen LogP contribution is -2.39. The summed E-state index contributed by atoms with van der Waals surface area (Å²) in [6.07, 6.45) is 2.02. The second-order valence-corrected chi connectivity index (χ2v) is 7.68. The molecule has 29 heavy (non-hydrogen) atoms. The van der Waals surface area contributed by atoms with Gasteiger partial charge >= 0.3 is 0 Å². The fraction of sp³-hybridized carbons (Fsp3) is 0.417. The Morgan fingerprint density at radius 3 is 2.17 bits per heavy atom. The summed E-state index contributed by atoms with van der Waals surface area (Å²) in [4.78, 5) is 2.58. The van der Waals surface area contributed by atoms with Crippen LogP contribution in [-0.4, -0.2) is 46.4 Å². The van der Waals surface area contributed by atoms with Crippen molar-refractivity contribution < 1.29 is 18.9 Å². The first-order valence-corrected chi connectivity index (χ1v) is 9.99. The highest BCUT2D eigenvalue weighted by Crippen LogP contribution is 2.45. The van der Waals surface area contributed by atoms with Gasteiger partial charge in [-0.3, -0.25) is 4.90 Å². The van der Waals surface area contributed by atoms with Crippen molar-refractivity contribution in [3.63, 3.8) is 0 Å². The Morgan fingerprint density at radius 2 is 1.48 bits per heavy atom. The van der Waals surface area contributed by atoms with Gasteiger partial charge in [0.1, 0.15) is 0 Å². The van der Waals surface area contributed by atoms with Gasteiger partial charge in [0.25, 0.3) is 0 Å². The topological polar surface area (TPSA) is 40.2 Å². The molecule has 0 radical (unpaired) electrons. The molecule has 2 aromatic rings. The van der Waals surface area contributed by atoms with E-state index in [4.69, 9.17) is 18.9 Å². The predicted octanol–water partition coefficient (Wildman–Crippen LogP) is 4.50. The molecule has 0 aliphatic carbocycles. The smallest absolute Gasteiger partial charge is 0.161 e. The number of benzene rings is 2. The van der Waals surface area contributed by atoms with Gasteiger partial charge in [-0.05, 0) is 66.3 Å². The number of hydrogen-bond donors (Lipinski definition) is 0. The zero-order chi connectivity index (χ0) is 20.5. The summed E-state index contributed by atoms with van der Waals surface area (Å²) in [5.74, 6) is 3.15. The van der Waals surface area contributed by atoms with Gasteiger partial charge in [0.05, 0.1) is 28.4 Å². The third kappa shape index (κ3) is 3.44. The maximum Gasteiger partial charge on any atom is 0.161 e. The van der Waals surface area contributed by atoms with Gasteiger partial charge in [0, 0.05) is 19.1 Å². The number of ether oxygens (including phenoxy) is 4. The number of hydrogen-bond acceptors (Lipinski definition) is 5. The third-order valence-corrected chi connectivity index (χ3v) is 6.22. The molecule has 2 aliphatic heterocycles. The average Bonchev–Trinajstić information content (AvgIpc) is 2.77. The van der Waals surface area contributed by atoms with E-state index in [9.17, 15) is 0 Å². The Morgan fingerprint density at radius 1 is 0.828 bits per heavy atom. The summed E-state index contributed by atoms with van der Waals surface area (Å²) in [5.41, 5.74) is 6.73. The van der Waals surface area contributed by atoms with Gasteiger partial charge in [0.2, 0.25) is 0 Å². The SMILES string of the molecule is COc1ccc(C2=C(C)CC3c4cc(OC)c(OC)cc4CCN3C2)cc1OC. The van der Waals surface area contributed by atoms with Crippen molar-refractivity contribution >= 4 is 5.57 Å². The Kier molecular flexibility index (Phi) is 5.41. The summed E-state index contributed by atoms with van der Waals surface area (Å²) in [6, 6.07) is 10.9. The van der Waals surface area contributed by atoms with Gasteiger partial charge in [0.15, 0.2) is 23.0 Å². The highest BCUT2D eigenvalue weighted by molar-refractivity contribution is 5.73. The standard InChI is InChI=1S/C24H29NO4/c1-15-10-20-18-13-24(29-5)23(28-4)12-17(18)8-9-25(20)14-19(15)16-6-7-21(26-2)22(11-16)27-3/h6-7,11-13,20H,8-10,14H2,1-5H3. The van der Waals surface area contributed by atoms with Crippen LogP contribution in [0.3, 0.4) is 0 Å². The average molecular weight is 395 g/mol. The van der Waals surface area contributed by atoms with Gasteiger partial charge in [-0.1, -0.05) is 11.6 Å². The molecular weight excluding hydrogens is 366 g/mol. The number of nitrogens with zero attached hydrogens (tertiary/aromatic N) is 1. The van der Waals surface area contributed by atoms with E-state index in [0.29, 0.717) is 6.04 Å². The summed E-state index contributed by atoms with van der Waals surface area (Å²) < 4.78 is 22.0. The Balaban J connectivity index is 1.69. The van der Waals surface area contributed by atoms with Crippen LogP contribution >= 0.6 is 0 Å². The highest BCUT2D eigenvalue weighted by Gasteiger charge is 2.33. The molecule has 0 bridgehead atoms. The molecule has 2 heterocycles. The number of rotatable bonds is 5. The first-order valence-electron chi connectivity index (χ1n) is 9.99. The summed E-state index contributed by atoms with van der Waals surface area (Å²) in [5, 5.41) is 0.